The molecule has 0 saturated carbocycles. The molecule has 2 aromatic rings. The zero-order valence-corrected chi connectivity index (χ0v) is 25.3. The Kier molecular flexibility index (Phi) is 16.5. The maximum absolute atomic E-state index is 12.2. The molecule has 1 atom stereocenters. The van der Waals surface area contributed by atoms with Crippen LogP contribution in [-0.2, 0) is 15.3 Å². The van der Waals surface area contributed by atoms with Crippen LogP contribution >= 0.6 is 35.7 Å². The molecule has 3 N–H and O–H groups in total. The fourth-order valence-corrected chi connectivity index (χ4v) is 5.85. The van der Waals surface area contributed by atoms with Gasteiger partial charge in [0.1, 0.15) is 3.53 Å². The van der Waals surface area contributed by atoms with Gasteiger partial charge < -0.3 is 10.1 Å². The van der Waals surface area contributed by atoms with Gasteiger partial charge in [-0.15, -0.1) is 23.5 Å². The van der Waals surface area contributed by atoms with Gasteiger partial charge in [0, 0.05) is 30.0 Å². The molecule has 0 fully saturated rings. The Morgan fingerprint density at radius 3 is 2.64 bits per heavy atom. The van der Waals surface area contributed by atoms with E-state index < -0.39 is 6.03 Å². The minimum Gasteiger partial charge on any atom is -0.466 e. The molecule has 0 bridgehead atoms. The molecule has 0 aliphatic rings. The summed E-state index contributed by atoms with van der Waals surface area (Å²) in [6.45, 7) is 5.03. The highest BCUT2D eigenvalue weighted by molar-refractivity contribution is 8.46. The van der Waals surface area contributed by atoms with E-state index in [1.54, 1.807) is 11.8 Å². The normalized spacial score (nSPS) is 11.5. The average Bonchev–Trinajstić information content (AvgIpc) is 2.92. The predicted octanol–water partition coefficient (Wildman–Crippen LogP) is 6.63. The van der Waals surface area contributed by atoms with Crippen LogP contribution in [0.15, 0.2) is 41.2 Å². The fraction of sp³-hybridized carbons (Fsp3) is 0.536. The monoisotopic (exact) mass is 592 g/mol. The van der Waals surface area contributed by atoms with Crippen LogP contribution < -0.4 is 16.2 Å². The zero-order chi connectivity index (χ0) is 28.3. The summed E-state index contributed by atoms with van der Waals surface area (Å²) in [6, 6.07) is 11.2. The molecule has 214 valence electrons. The van der Waals surface area contributed by atoms with Crippen molar-refractivity contribution in [3.8, 4) is 0 Å². The van der Waals surface area contributed by atoms with Crippen LogP contribution in [-0.4, -0.2) is 44.4 Å². The summed E-state index contributed by atoms with van der Waals surface area (Å²) in [5, 5.41) is 5.39. The number of hydrogen-bond acceptors (Lipinski definition) is 8. The molecule has 8 nitrogen and oxygen atoms in total. The number of nitrogens with one attached hydrogen (secondary N) is 3. The first-order valence-corrected chi connectivity index (χ1v) is 15.9. The van der Waals surface area contributed by atoms with E-state index >= 15 is 0 Å². The number of esters is 1. The number of thiocarbonyl (C=S) groups is 1. The quantitative estimate of drug-likeness (QED) is 0.107. The summed E-state index contributed by atoms with van der Waals surface area (Å²) in [4.78, 5) is 43.2. The van der Waals surface area contributed by atoms with Crippen molar-refractivity contribution in [1.82, 2.24) is 15.3 Å². The summed E-state index contributed by atoms with van der Waals surface area (Å²) < 4.78 is 6.12. The molecule has 1 aromatic carbocycles. The zero-order valence-electron chi connectivity index (χ0n) is 22.8. The highest BCUT2D eigenvalue weighted by atomic mass is 32.2. The first kappa shape index (κ1) is 32.8. The molecule has 1 heterocycles. The van der Waals surface area contributed by atoms with Crippen molar-refractivity contribution in [1.29, 1.82) is 0 Å². The van der Waals surface area contributed by atoms with E-state index in [9.17, 15) is 14.4 Å². The minimum atomic E-state index is -0.416. The first-order valence-electron chi connectivity index (χ1n) is 13.6. The number of hydrogen-bond donors (Lipinski definition) is 3. The number of thioether (sulfide) groups is 2. The number of H-pyrrole nitrogens is 1. The largest absolute Gasteiger partial charge is 0.466 e. The van der Waals surface area contributed by atoms with Crippen molar-refractivity contribution >= 4 is 57.2 Å². The number of unbranched alkanes of at least 4 members (excludes halogenated alkanes) is 3. The van der Waals surface area contributed by atoms with Crippen LogP contribution in [0.25, 0.3) is 0 Å². The first-order chi connectivity index (χ1) is 18.9. The lowest BCUT2D eigenvalue weighted by Crippen LogP contribution is -2.31. The van der Waals surface area contributed by atoms with Crippen LogP contribution in [0.1, 0.15) is 82.4 Å². The van der Waals surface area contributed by atoms with E-state index in [0.717, 1.165) is 54.2 Å². The summed E-state index contributed by atoms with van der Waals surface area (Å²) in [5.74, 6) is 1.57. The number of nitrogens with zero attached hydrogens (tertiary/aromatic N) is 1. The van der Waals surface area contributed by atoms with Gasteiger partial charge in [-0.25, -0.2) is 9.78 Å². The van der Waals surface area contributed by atoms with Gasteiger partial charge in [-0.1, -0.05) is 69.2 Å². The molecular weight excluding hydrogens is 553 g/mol. The van der Waals surface area contributed by atoms with Crippen LogP contribution in [0.4, 0.5) is 10.7 Å². The van der Waals surface area contributed by atoms with Crippen molar-refractivity contribution in [3.05, 3.63) is 58.0 Å². The Morgan fingerprint density at radius 1 is 1.10 bits per heavy atom. The van der Waals surface area contributed by atoms with Crippen molar-refractivity contribution in [2.45, 2.75) is 76.9 Å². The molecule has 0 saturated heterocycles. The van der Waals surface area contributed by atoms with Gasteiger partial charge in [0.05, 0.1) is 18.7 Å². The lowest BCUT2D eigenvalue weighted by molar-refractivity contribution is -0.143. The fourth-order valence-electron chi connectivity index (χ4n) is 3.75. The van der Waals surface area contributed by atoms with Crippen molar-refractivity contribution in [2.24, 2.45) is 0 Å². The van der Waals surface area contributed by atoms with Crippen molar-refractivity contribution < 1.29 is 14.3 Å². The van der Waals surface area contributed by atoms with Gasteiger partial charge in [-0.05, 0) is 37.7 Å². The Labute approximate surface area is 245 Å². The third-order valence-corrected chi connectivity index (χ3v) is 8.68. The van der Waals surface area contributed by atoms with E-state index in [4.69, 9.17) is 17.0 Å². The number of benzene rings is 1. The summed E-state index contributed by atoms with van der Waals surface area (Å²) in [5.41, 5.74) is 1.66. The predicted molar refractivity (Wildman–Crippen MR) is 167 cm³/mol. The lowest BCUT2D eigenvalue weighted by Gasteiger charge is -2.14. The van der Waals surface area contributed by atoms with E-state index in [0.29, 0.717) is 31.0 Å². The maximum atomic E-state index is 12.2. The van der Waals surface area contributed by atoms with E-state index in [-0.39, 0.29) is 23.4 Å². The number of amides is 2. The summed E-state index contributed by atoms with van der Waals surface area (Å²) in [6.07, 6.45) is 6.60. The number of urea groups is 1. The minimum absolute atomic E-state index is 0.158. The SMILES string of the molecule is CCCCC(CC)c1cc(=O)[nH]c(NC(=O)NCCCCCOC(=O)CCSC(=S)SCc2ccccc2)n1. The molecule has 0 aliphatic heterocycles. The molecule has 0 aliphatic carbocycles. The molecule has 1 aromatic heterocycles. The Hall–Kier alpha value is -2.37. The van der Waals surface area contributed by atoms with Gasteiger partial charge >= 0.3 is 12.0 Å². The number of ether oxygens (including phenoxy) is 1. The van der Waals surface area contributed by atoms with Gasteiger partial charge in [-0.2, -0.15) is 0 Å². The van der Waals surface area contributed by atoms with Crippen LogP contribution in [0.5, 0.6) is 0 Å². The van der Waals surface area contributed by atoms with E-state index in [1.165, 1.54) is 23.4 Å². The van der Waals surface area contributed by atoms with Crippen LogP contribution in [0.3, 0.4) is 0 Å². The van der Waals surface area contributed by atoms with Gasteiger partial charge in [0.25, 0.3) is 5.56 Å². The lowest BCUT2D eigenvalue weighted by atomic mass is 9.96. The molecular formula is C28H40N4O4S3. The Bertz CT molecular complexity index is 1080. The molecule has 39 heavy (non-hydrogen) atoms. The third kappa shape index (κ3) is 14.5. The average molecular weight is 593 g/mol. The van der Waals surface area contributed by atoms with Gasteiger partial charge in [0.15, 0.2) is 0 Å². The number of rotatable bonds is 17. The standard InChI is InChI=1S/C28H40N4O4S3/c1-3-5-14-22(4-2)23-19-24(33)31-26(30-23)32-27(35)29-16-10-7-11-17-36-25(34)15-18-38-28(37)39-20-21-12-8-6-9-13-21/h6,8-9,12-13,19,22H,3-5,7,10-11,14-18,20H2,1-2H3,(H3,29,30,31,32,33,35). The second-order valence-corrected chi connectivity index (χ2v) is 12.3. The van der Waals surface area contributed by atoms with Crippen molar-refractivity contribution in [2.75, 3.05) is 24.2 Å². The second-order valence-electron chi connectivity index (χ2n) is 9.05. The number of anilines is 1. The highest BCUT2D eigenvalue weighted by Gasteiger charge is 2.14. The number of aromatic amines is 1. The summed E-state index contributed by atoms with van der Waals surface area (Å²) >= 11 is 8.48. The number of aromatic nitrogens is 2. The number of carbonyl (C=O) groups is 2. The van der Waals surface area contributed by atoms with E-state index in [2.05, 4.69) is 46.6 Å². The van der Waals surface area contributed by atoms with Gasteiger partial charge in [0.2, 0.25) is 5.95 Å². The molecule has 2 rings (SSSR count). The smallest absolute Gasteiger partial charge is 0.321 e. The topological polar surface area (TPSA) is 113 Å². The number of carbonyl (C=O) groups excluding carboxylic acids is 2. The molecule has 2 amide bonds. The Morgan fingerprint density at radius 2 is 1.90 bits per heavy atom. The summed E-state index contributed by atoms with van der Waals surface area (Å²) in [7, 11) is 0. The molecule has 0 radical (unpaired) electrons. The van der Waals surface area contributed by atoms with Crippen molar-refractivity contribution in [3.63, 3.8) is 0 Å². The molecule has 0 spiro atoms. The molecule has 11 heteroatoms. The molecule has 1 unspecified atom stereocenters. The Balaban J connectivity index is 1.53. The highest BCUT2D eigenvalue weighted by Crippen LogP contribution is 2.24. The van der Waals surface area contributed by atoms with E-state index in [1.807, 2.05) is 18.2 Å². The maximum Gasteiger partial charge on any atom is 0.321 e. The van der Waals surface area contributed by atoms with Crippen LogP contribution in [0, 0.1) is 0 Å². The second kappa shape index (κ2) is 19.7. The van der Waals surface area contributed by atoms with Gasteiger partial charge in [-0.3, -0.25) is 19.9 Å². The third-order valence-electron chi connectivity index (χ3n) is 5.91. The van der Waals surface area contributed by atoms with Crippen LogP contribution in [0.2, 0.25) is 0 Å².